The maximum Gasteiger partial charge on any atom is 0.255 e. The smallest absolute Gasteiger partial charge is 0.255 e. The van der Waals surface area contributed by atoms with Crippen LogP contribution in [0.5, 0.6) is 5.75 Å². The summed E-state index contributed by atoms with van der Waals surface area (Å²) in [6.45, 7) is 1.23. The first-order valence-corrected chi connectivity index (χ1v) is 7.84. The van der Waals surface area contributed by atoms with Crippen molar-refractivity contribution in [3.63, 3.8) is 0 Å². The van der Waals surface area contributed by atoms with Gasteiger partial charge in [0.25, 0.3) is 5.91 Å². The molecule has 6 heteroatoms. The lowest BCUT2D eigenvalue weighted by molar-refractivity contribution is 0.102. The molecule has 3 rings (SSSR count). The minimum absolute atomic E-state index is 0.192. The van der Waals surface area contributed by atoms with Crippen LogP contribution in [0.1, 0.15) is 10.4 Å². The van der Waals surface area contributed by atoms with E-state index in [9.17, 15) is 4.79 Å². The fourth-order valence-corrected chi connectivity index (χ4v) is 2.28. The number of hydrogen-bond donors (Lipinski definition) is 1. The highest BCUT2D eigenvalue weighted by Gasteiger charge is 2.06. The third-order valence-electron chi connectivity index (χ3n) is 3.38. The van der Waals surface area contributed by atoms with Crippen LogP contribution in [0.4, 0.5) is 5.69 Å². The van der Waals surface area contributed by atoms with Crippen molar-refractivity contribution in [1.29, 1.82) is 0 Å². The molecule has 1 amide bonds. The van der Waals surface area contributed by atoms with E-state index in [1.807, 2.05) is 29.0 Å². The molecule has 0 atom stereocenters. The van der Waals surface area contributed by atoms with Gasteiger partial charge in [-0.3, -0.25) is 4.79 Å². The first-order chi connectivity index (χ1) is 11.7. The van der Waals surface area contributed by atoms with Crippen LogP contribution in [-0.2, 0) is 6.54 Å². The van der Waals surface area contributed by atoms with Gasteiger partial charge in [0.05, 0.1) is 12.9 Å². The summed E-state index contributed by atoms with van der Waals surface area (Å²) < 4.78 is 7.64. The molecule has 0 unspecified atom stereocenters. The highest BCUT2D eigenvalue weighted by Crippen LogP contribution is 2.18. The number of halogens is 1. The minimum atomic E-state index is -0.192. The van der Waals surface area contributed by atoms with Gasteiger partial charge in [-0.1, -0.05) is 17.7 Å². The van der Waals surface area contributed by atoms with Crippen molar-refractivity contribution in [2.45, 2.75) is 6.54 Å². The summed E-state index contributed by atoms with van der Waals surface area (Å²) in [7, 11) is 0. The zero-order chi connectivity index (χ0) is 16.8. The molecule has 3 aromatic rings. The van der Waals surface area contributed by atoms with E-state index in [-0.39, 0.29) is 5.91 Å². The Kier molecular flexibility index (Phi) is 5.13. The van der Waals surface area contributed by atoms with Crippen LogP contribution in [-0.4, -0.2) is 22.1 Å². The van der Waals surface area contributed by atoms with Crippen LogP contribution in [0, 0.1) is 0 Å². The number of carbonyl (C=O) groups is 1. The van der Waals surface area contributed by atoms with E-state index >= 15 is 0 Å². The Morgan fingerprint density at radius 1 is 1.21 bits per heavy atom. The standard InChI is InChI=1S/C18H16ClN3O2/c19-15-6-4-14(5-7-15)18(23)21-16-2-1-3-17(12-16)24-11-10-22-9-8-20-13-22/h1-9,12-13H,10-11H2,(H,21,23). The molecular formula is C18H16ClN3O2. The molecule has 0 aliphatic rings. The van der Waals surface area contributed by atoms with E-state index in [1.165, 1.54) is 0 Å². The largest absolute Gasteiger partial charge is 0.492 e. The average molecular weight is 342 g/mol. The molecule has 5 nitrogen and oxygen atoms in total. The molecule has 1 heterocycles. The van der Waals surface area contributed by atoms with Crippen molar-refractivity contribution in [1.82, 2.24) is 9.55 Å². The predicted molar refractivity (Wildman–Crippen MR) is 93.6 cm³/mol. The zero-order valence-electron chi connectivity index (χ0n) is 12.9. The Morgan fingerprint density at radius 3 is 2.79 bits per heavy atom. The molecule has 0 radical (unpaired) electrons. The van der Waals surface area contributed by atoms with Crippen molar-refractivity contribution in [3.8, 4) is 5.75 Å². The molecule has 0 aliphatic heterocycles. The molecule has 0 bridgehead atoms. The summed E-state index contributed by atoms with van der Waals surface area (Å²) in [4.78, 5) is 16.2. The molecule has 0 aliphatic carbocycles. The maximum absolute atomic E-state index is 12.2. The number of carbonyl (C=O) groups excluding carboxylic acids is 1. The average Bonchev–Trinajstić information content (AvgIpc) is 3.09. The molecule has 122 valence electrons. The molecular weight excluding hydrogens is 326 g/mol. The van der Waals surface area contributed by atoms with Gasteiger partial charge in [-0.05, 0) is 36.4 Å². The van der Waals surface area contributed by atoms with Crippen molar-refractivity contribution < 1.29 is 9.53 Å². The summed E-state index contributed by atoms with van der Waals surface area (Å²) in [6.07, 6.45) is 5.35. The number of nitrogens with zero attached hydrogens (tertiary/aromatic N) is 2. The van der Waals surface area contributed by atoms with Crippen LogP contribution in [0.3, 0.4) is 0 Å². The van der Waals surface area contributed by atoms with Crippen LogP contribution in [0.25, 0.3) is 0 Å². The van der Waals surface area contributed by atoms with Gasteiger partial charge >= 0.3 is 0 Å². The number of ether oxygens (including phenoxy) is 1. The van der Waals surface area contributed by atoms with Gasteiger partial charge in [0, 0.05) is 34.7 Å². The van der Waals surface area contributed by atoms with Crippen LogP contribution in [0.15, 0.2) is 67.3 Å². The number of aromatic nitrogens is 2. The van der Waals surface area contributed by atoms with Gasteiger partial charge in [-0.2, -0.15) is 0 Å². The number of amides is 1. The number of benzene rings is 2. The van der Waals surface area contributed by atoms with E-state index < -0.39 is 0 Å². The third kappa shape index (κ3) is 4.36. The van der Waals surface area contributed by atoms with E-state index in [4.69, 9.17) is 16.3 Å². The Labute approximate surface area is 144 Å². The summed E-state index contributed by atoms with van der Waals surface area (Å²) in [5.41, 5.74) is 1.22. The normalized spacial score (nSPS) is 10.4. The number of hydrogen-bond acceptors (Lipinski definition) is 3. The number of anilines is 1. The van der Waals surface area contributed by atoms with E-state index in [1.54, 1.807) is 42.9 Å². The molecule has 2 aromatic carbocycles. The summed E-state index contributed by atoms with van der Waals surface area (Å²) in [5.74, 6) is 0.506. The van der Waals surface area contributed by atoms with E-state index in [2.05, 4.69) is 10.3 Å². The molecule has 0 saturated heterocycles. The second-order valence-corrected chi connectivity index (χ2v) is 5.57. The van der Waals surface area contributed by atoms with Crippen LogP contribution in [0.2, 0.25) is 5.02 Å². The van der Waals surface area contributed by atoms with Crippen LogP contribution < -0.4 is 10.1 Å². The van der Waals surface area contributed by atoms with Gasteiger partial charge in [-0.25, -0.2) is 4.98 Å². The quantitative estimate of drug-likeness (QED) is 0.740. The fraction of sp³-hybridized carbons (Fsp3) is 0.111. The predicted octanol–water partition coefficient (Wildman–Crippen LogP) is 3.87. The number of imidazole rings is 1. The Hall–Kier alpha value is -2.79. The molecule has 0 fully saturated rings. The summed E-state index contributed by atoms with van der Waals surface area (Å²) in [5, 5.41) is 3.44. The Morgan fingerprint density at radius 2 is 2.04 bits per heavy atom. The van der Waals surface area contributed by atoms with Crippen molar-refractivity contribution in [2.24, 2.45) is 0 Å². The van der Waals surface area contributed by atoms with Crippen LogP contribution >= 0.6 is 11.6 Å². The zero-order valence-corrected chi connectivity index (χ0v) is 13.6. The van der Waals surface area contributed by atoms with E-state index in [0.29, 0.717) is 35.2 Å². The SMILES string of the molecule is O=C(Nc1cccc(OCCn2ccnc2)c1)c1ccc(Cl)cc1. The highest BCUT2D eigenvalue weighted by molar-refractivity contribution is 6.30. The third-order valence-corrected chi connectivity index (χ3v) is 3.63. The molecule has 0 spiro atoms. The minimum Gasteiger partial charge on any atom is -0.492 e. The van der Waals surface area contributed by atoms with Gasteiger partial charge in [0.15, 0.2) is 0 Å². The monoisotopic (exact) mass is 341 g/mol. The first kappa shape index (κ1) is 16.1. The lowest BCUT2D eigenvalue weighted by Crippen LogP contribution is -2.12. The second kappa shape index (κ2) is 7.66. The van der Waals surface area contributed by atoms with Gasteiger partial charge in [0.1, 0.15) is 12.4 Å². The van der Waals surface area contributed by atoms with Crippen molar-refractivity contribution >= 4 is 23.2 Å². The lowest BCUT2D eigenvalue weighted by Gasteiger charge is -2.09. The Bertz CT molecular complexity index is 801. The summed E-state index contributed by atoms with van der Waals surface area (Å²) >= 11 is 5.83. The first-order valence-electron chi connectivity index (χ1n) is 7.46. The van der Waals surface area contributed by atoms with Crippen molar-refractivity contribution in [3.05, 3.63) is 77.8 Å². The lowest BCUT2D eigenvalue weighted by atomic mass is 10.2. The molecule has 0 saturated carbocycles. The fourth-order valence-electron chi connectivity index (χ4n) is 2.16. The van der Waals surface area contributed by atoms with E-state index in [0.717, 1.165) is 0 Å². The van der Waals surface area contributed by atoms with Gasteiger partial charge < -0.3 is 14.6 Å². The van der Waals surface area contributed by atoms with Crippen molar-refractivity contribution in [2.75, 3.05) is 11.9 Å². The Balaban J connectivity index is 1.58. The highest BCUT2D eigenvalue weighted by atomic mass is 35.5. The molecule has 1 N–H and O–H groups in total. The van der Waals surface area contributed by atoms with Gasteiger partial charge in [0.2, 0.25) is 0 Å². The maximum atomic E-state index is 12.2. The second-order valence-electron chi connectivity index (χ2n) is 5.14. The number of rotatable bonds is 6. The van der Waals surface area contributed by atoms with Gasteiger partial charge in [-0.15, -0.1) is 0 Å². The summed E-state index contributed by atoms with van der Waals surface area (Å²) in [6, 6.07) is 14.0. The number of nitrogens with one attached hydrogen (secondary N) is 1. The molecule has 24 heavy (non-hydrogen) atoms. The topological polar surface area (TPSA) is 56.1 Å². The molecule has 1 aromatic heterocycles.